The molecular formula is C13H16N4O. The van der Waals surface area contributed by atoms with Crippen molar-refractivity contribution in [3.63, 3.8) is 0 Å². The molecule has 0 saturated carbocycles. The Morgan fingerprint density at radius 1 is 1.39 bits per heavy atom. The Balaban J connectivity index is 1.80. The summed E-state index contributed by atoms with van der Waals surface area (Å²) >= 11 is 0. The molecule has 18 heavy (non-hydrogen) atoms. The number of hydrogen-bond donors (Lipinski definition) is 1. The van der Waals surface area contributed by atoms with Gasteiger partial charge in [-0.2, -0.15) is 4.80 Å². The minimum absolute atomic E-state index is 0.184. The second-order valence-corrected chi connectivity index (χ2v) is 4.84. The lowest BCUT2D eigenvalue weighted by molar-refractivity contribution is 0.0924. The first-order valence-electron chi connectivity index (χ1n) is 6.23. The van der Waals surface area contributed by atoms with Gasteiger partial charge in [-0.25, -0.2) is 0 Å². The van der Waals surface area contributed by atoms with Crippen LogP contribution in [0.2, 0.25) is 0 Å². The van der Waals surface area contributed by atoms with E-state index in [0.29, 0.717) is 12.2 Å². The molecule has 1 aliphatic carbocycles. The Labute approximate surface area is 105 Å². The average molecular weight is 244 g/mol. The minimum Gasteiger partial charge on any atom is -0.388 e. The molecule has 1 aliphatic rings. The predicted molar refractivity (Wildman–Crippen MR) is 65.7 cm³/mol. The van der Waals surface area contributed by atoms with E-state index in [9.17, 15) is 5.11 Å². The van der Waals surface area contributed by atoms with Crippen molar-refractivity contribution in [1.29, 1.82) is 0 Å². The third-order valence-corrected chi connectivity index (χ3v) is 3.60. The molecule has 0 spiro atoms. The van der Waals surface area contributed by atoms with Crippen LogP contribution < -0.4 is 0 Å². The largest absolute Gasteiger partial charge is 0.388 e. The molecule has 2 unspecified atom stereocenters. The van der Waals surface area contributed by atoms with Crippen LogP contribution >= 0.6 is 0 Å². The minimum atomic E-state index is -0.418. The lowest BCUT2D eigenvalue weighted by Crippen LogP contribution is -2.22. The molecule has 0 fully saturated rings. The van der Waals surface area contributed by atoms with E-state index in [-0.39, 0.29) is 5.92 Å². The second kappa shape index (κ2) is 4.49. The molecular weight excluding hydrogens is 228 g/mol. The van der Waals surface area contributed by atoms with Gasteiger partial charge in [-0.15, -0.1) is 10.2 Å². The fourth-order valence-electron chi connectivity index (χ4n) is 2.66. The first kappa shape index (κ1) is 11.3. The third kappa shape index (κ3) is 2.01. The van der Waals surface area contributed by atoms with E-state index in [0.717, 1.165) is 18.4 Å². The van der Waals surface area contributed by atoms with Crippen LogP contribution in [0.4, 0.5) is 0 Å². The van der Waals surface area contributed by atoms with Gasteiger partial charge in [-0.1, -0.05) is 24.3 Å². The molecule has 2 atom stereocenters. The number of hydrogen-bond acceptors (Lipinski definition) is 4. The van der Waals surface area contributed by atoms with E-state index in [1.807, 2.05) is 18.2 Å². The monoisotopic (exact) mass is 244 g/mol. The molecule has 0 aliphatic heterocycles. The van der Waals surface area contributed by atoms with Crippen molar-refractivity contribution < 1.29 is 5.11 Å². The van der Waals surface area contributed by atoms with Crippen molar-refractivity contribution >= 4 is 0 Å². The topological polar surface area (TPSA) is 63.8 Å². The van der Waals surface area contributed by atoms with Crippen molar-refractivity contribution in [2.75, 3.05) is 0 Å². The van der Waals surface area contributed by atoms with Crippen LogP contribution in [0.25, 0.3) is 0 Å². The van der Waals surface area contributed by atoms with Crippen molar-refractivity contribution in [1.82, 2.24) is 20.2 Å². The number of aliphatic hydroxyl groups excluding tert-OH is 1. The highest BCUT2D eigenvalue weighted by molar-refractivity contribution is 5.31. The van der Waals surface area contributed by atoms with Crippen LogP contribution in [-0.2, 0) is 19.9 Å². The summed E-state index contributed by atoms with van der Waals surface area (Å²) in [6.07, 6.45) is 2.25. The van der Waals surface area contributed by atoms with Gasteiger partial charge in [0.05, 0.1) is 13.2 Å². The number of nitrogens with zero attached hydrogens (tertiary/aromatic N) is 4. The highest BCUT2D eigenvalue weighted by atomic mass is 16.3. The van der Waals surface area contributed by atoms with Gasteiger partial charge in [-0.05, 0) is 35.1 Å². The normalized spacial score (nSPS) is 22.8. The van der Waals surface area contributed by atoms with Crippen molar-refractivity contribution in [2.24, 2.45) is 13.0 Å². The molecule has 0 amide bonds. The second-order valence-electron chi connectivity index (χ2n) is 4.84. The standard InChI is InChI=1S/C13H16N4O/c1-17-15-12(14-16-17)8-10-7-6-9-4-2-3-5-11(9)13(10)18/h2-5,10,13,18H,6-8H2,1H3. The smallest absolute Gasteiger partial charge is 0.175 e. The first-order chi connectivity index (χ1) is 8.74. The van der Waals surface area contributed by atoms with Gasteiger partial charge >= 0.3 is 0 Å². The van der Waals surface area contributed by atoms with Gasteiger partial charge in [0.15, 0.2) is 5.82 Å². The summed E-state index contributed by atoms with van der Waals surface area (Å²) in [6.45, 7) is 0. The van der Waals surface area contributed by atoms with E-state index >= 15 is 0 Å². The maximum atomic E-state index is 10.4. The third-order valence-electron chi connectivity index (χ3n) is 3.60. The zero-order valence-electron chi connectivity index (χ0n) is 10.3. The Morgan fingerprint density at radius 2 is 2.22 bits per heavy atom. The fourth-order valence-corrected chi connectivity index (χ4v) is 2.66. The zero-order valence-corrected chi connectivity index (χ0v) is 10.3. The van der Waals surface area contributed by atoms with Gasteiger partial charge in [0.2, 0.25) is 0 Å². The molecule has 1 aromatic carbocycles. The molecule has 5 nitrogen and oxygen atoms in total. The van der Waals surface area contributed by atoms with Gasteiger partial charge < -0.3 is 5.11 Å². The zero-order chi connectivity index (χ0) is 12.5. The Morgan fingerprint density at radius 3 is 3.00 bits per heavy atom. The van der Waals surface area contributed by atoms with Gasteiger partial charge in [0.1, 0.15) is 0 Å². The van der Waals surface area contributed by atoms with E-state index in [1.165, 1.54) is 10.4 Å². The predicted octanol–water partition coefficient (Wildman–Crippen LogP) is 1.05. The van der Waals surface area contributed by atoms with Crippen LogP contribution in [0.15, 0.2) is 24.3 Å². The average Bonchev–Trinajstić information content (AvgIpc) is 2.79. The summed E-state index contributed by atoms with van der Waals surface area (Å²) in [7, 11) is 1.75. The maximum absolute atomic E-state index is 10.4. The van der Waals surface area contributed by atoms with Crippen LogP contribution in [-0.4, -0.2) is 25.3 Å². The number of aromatic nitrogens is 4. The summed E-state index contributed by atoms with van der Waals surface area (Å²) in [4.78, 5) is 1.46. The van der Waals surface area contributed by atoms with Crippen molar-refractivity contribution in [3.05, 3.63) is 41.2 Å². The quantitative estimate of drug-likeness (QED) is 0.857. The summed E-state index contributed by atoms with van der Waals surface area (Å²) in [5.74, 6) is 0.894. The SMILES string of the molecule is Cn1nnc(CC2CCc3ccccc3C2O)n1. The highest BCUT2D eigenvalue weighted by Crippen LogP contribution is 2.35. The Hall–Kier alpha value is -1.75. The fraction of sp³-hybridized carbons (Fsp3) is 0.462. The van der Waals surface area contributed by atoms with E-state index < -0.39 is 6.10 Å². The van der Waals surface area contributed by atoms with E-state index in [2.05, 4.69) is 21.5 Å². The highest BCUT2D eigenvalue weighted by Gasteiger charge is 2.28. The van der Waals surface area contributed by atoms with Gasteiger partial charge in [-0.3, -0.25) is 0 Å². The molecule has 1 heterocycles. The molecule has 1 N–H and O–H groups in total. The molecule has 0 saturated heterocycles. The van der Waals surface area contributed by atoms with Crippen LogP contribution in [0.5, 0.6) is 0 Å². The molecule has 0 bridgehead atoms. The molecule has 5 heteroatoms. The molecule has 2 aromatic rings. The molecule has 3 rings (SSSR count). The maximum Gasteiger partial charge on any atom is 0.175 e. The number of aryl methyl sites for hydroxylation is 2. The number of fused-ring (bicyclic) bond motifs is 1. The summed E-state index contributed by atoms with van der Waals surface area (Å²) < 4.78 is 0. The van der Waals surface area contributed by atoms with E-state index in [1.54, 1.807) is 7.05 Å². The molecule has 94 valence electrons. The van der Waals surface area contributed by atoms with Crippen LogP contribution in [0.1, 0.15) is 29.5 Å². The number of tetrazole rings is 1. The van der Waals surface area contributed by atoms with Crippen LogP contribution in [0, 0.1) is 5.92 Å². The summed E-state index contributed by atoms with van der Waals surface area (Å²) in [5, 5.41) is 22.4. The summed E-state index contributed by atoms with van der Waals surface area (Å²) in [6, 6.07) is 8.10. The molecule has 0 radical (unpaired) electrons. The summed E-state index contributed by atoms with van der Waals surface area (Å²) in [5.41, 5.74) is 2.31. The Kier molecular flexibility index (Phi) is 2.83. The lowest BCUT2D eigenvalue weighted by Gasteiger charge is -2.29. The van der Waals surface area contributed by atoms with Crippen molar-refractivity contribution in [2.45, 2.75) is 25.4 Å². The number of benzene rings is 1. The molecule has 1 aromatic heterocycles. The van der Waals surface area contributed by atoms with Crippen LogP contribution in [0.3, 0.4) is 0 Å². The number of rotatable bonds is 2. The Bertz CT molecular complexity index is 551. The first-order valence-corrected chi connectivity index (χ1v) is 6.23. The lowest BCUT2D eigenvalue weighted by atomic mass is 9.80. The van der Waals surface area contributed by atoms with Gasteiger partial charge in [0.25, 0.3) is 0 Å². The van der Waals surface area contributed by atoms with E-state index in [4.69, 9.17) is 0 Å². The van der Waals surface area contributed by atoms with Gasteiger partial charge in [0, 0.05) is 6.42 Å². The number of aliphatic hydroxyl groups is 1. The van der Waals surface area contributed by atoms with Crippen molar-refractivity contribution in [3.8, 4) is 0 Å².